The Morgan fingerprint density at radius 2 is 1.37 bits per heavy atom. The average Bonchev–Trinajstić information content (AvgIpc) is 3.72. The average molecular weight is 862 g/mol. The molecule has 0 aromatic heterocycles. The summed E-state index contributed by atoms with van der Waals surface area (Å²) in [7, 11) is -3.87. The Bertz CT molecular complexity index is 2060. The van der Waals surface area contributed by atoms with Gasteiger partial charge in [-0.05, 0) is 80.8 Å². The highest BCUT2D eigenvalue weighted by Crippen LogP contribution is 2.34. The summed E-state index contributed by atoms with van der Waals surface area (Å²) in [6, 6.07) is 28.9. The quantitative estimate of drug-likeness (QED) is 0.0410. The normalized spacial score (nSPS) is 13.7. The van der Waals surface area contributed by atoms with Crippen molar-refractivity contribution in [2.45, 2.75) is 103 Å². The number of hydrazine groups is 2. The molecule has 4 aromatic carbocycles. The monoisotopic (exact) mass is 860 g/mol. The minimum Gasteiger partial charge on any atom is -0.427 e. The maximum atomic E-state index is 13.6. The van der Waals surface area contributed by atoms with Crippen LogP contribution >= 0.6 is 11.6 Å². The molecule has 0 saturated heterocycles. The summed E-state index contributed by atoms with van der Waals surface area (Å²) >= 11 is 6.12. The number of sulfonamides is 1. The van der Waals surface area contributed by atoms with Crippen LogP contribution < -0.4 is 26.4 Å². The number of unbranched alkanes of at least 4 members (excludes halogenated alkanes) is 9. The highest BCUT2D eigenvalue weighted by molar-refractivity contribution is 7.90. The number of hydrogen-bond acceptors (Lipinski definition) is 10. The van der Waals surface area contributed by atoms with E-state index in [1.54, 1.807) is 55.5 Å². The molecule has 14 heteroatoms. The Balaban J connectivity index is 0.000000335. The summed E-state index contributed by atoms with van der Waals surface area (Å²) in [5.41, 5.74) is 12.6. The molecule has 0 fully saturated rings. The van der Waals surface area contributed by atoms with Crippen molar-refractivity contribution in [3.63, 3.8) is 0 Å². The van der Waals surface area contributed by atoms with Gasteiger partial charge in [0.1, 0.15) is 16.5 Å². The zero-order valence-electron chi connectivity index (χ0n) is 35.3. The first-order valence-corrected chi connectivity index (χ1v) is 22.8. The standard InChI is InChI=1S/C32H46ClN3O4S.C8H8O2.C6H7N3/c1-4-5-6-7-8-9-10-11-12-15-22-40-23-16-21-36-31(34-28-17-13-14-18-30(28)41(36,38)39)26(3)32(37)35-29-24-27(33)20-19-25(29)2;1-7(9)10-8-5-3-2-4-6-8;1-2-4-6-5(3-1)7-9-8-6/h13-14,17-20,24,26H,4-12,15-16,21-23H2,1-3H3,(H,35,37);2-6H,1H3;1-4,7-9H. The van der Waals surface area contributed by atoms with Crippen LogP contribution in [0, 0.1) is 12.8 Å². The van der Waals surface area contributed by atoms with E-state index in [9.17, 15) is 18.0 Å². The molecular formula is C46H61ClN6O6S. The number of fused-ring (bicyclic) bond motifs is 2. The van der Waals surface area contributed by atoms with Gasteiger partial charge in [-0.1, -0.05) is 125 Å². The first-order valence-electron chi connectivity index (χ1n) is 21.0. The molecule has 4 aromatic rings. The largest absolute Gasteiger partial charge is 0.427 e. The second-order valence-electron chi connectivity index (χ2n) is 14.7. The lowest BCUT2D eigenvalue weighted by Crippen LogP contribution is -2.46. The van der Waals surface area contributed by atoms with Crippen LogP contribution in [0.4, 0.5) is 22.7 Å². The maximum absolute atomic E-state index is 13.6. The fourth-order valence-corrected chi connectivity index (χ4v) is 8.30. The van der Waals surface area contributed by atoms with Gasteiger partial charge in [-0.25, -0.2) is 13.4 Å². The Kier molecular flexibility index (Phi) is 20.4. The maximum Gasteiger partial charge on any atom is 0.308 e. The number of amides is 1. The molecule has 0 aliphatic carbocycles. The lowest BCUT2D eigenvalue weighted by atomic mass is 10.1. The predicted molar refractivity (Wildman–Crippen MR) is 243 cm³/mol. The van der Waals surface area contributed by atoms with E-state index in [4.69, 9.17) is 21.1 Å². The van der Waals surface area contributed by atoms with E-state index in [2.05, 4.69) is 33.6 Å². The summed E-state index contributed by atoms with van der Waals surface area (Å²) < 4.78 is 39.1. The number of carbonyl (C=O) groups excluding carboxylic acids is 2. The third kappa shape index (κ3) is 15.6. The number of carbonyl (C=O) groups is 2. The van der Waals surface area contributed by atoms with E-state index in [1.165, 1.54) is 62.6 Å². The molecule has 12 nitrogen and oxygen atoms in total. The van der Waals surface area contributed by atoms with Crippen LogP contribution in [-0.2, 0) is 24.3 Å². The number of aliphatic imine (C=N–C) groups is 1. The summed E-state index contributed by atoms with van der Waals surface area (Å²) in [4.78, 5) is 28.4. The van der Waals surface area contributed by atoms with Gasteiger partial charge in [-0.3, -0.25) is 13.9 Å². The van der Waals surface area contributed by atoms with Crippen molar-refractivity contribution in [3.05, 3.63) is 108 Å². The molecule has 0 bridgehead atoms. The summed E-state index contributed by atoms with van der Waals surface area (Å²) in [6.45, 7) is 8.47. The number of amidine groups is 1. The smallest absolute Gasteiger partial charge is 0.308 e. The molecule has 0 saturated carbocycles. The zero-order chi connectivity index (χ0) is 43.2. The first kappa shape index (κ1) is 47.7. The van der Waals surface area contributed by atoms with Crippen LogP contribution in [0.3, 0.4) is 0 Å². The van der Waals surface area contributed by atoms with Crippen LogP contribution in [-0.4, -0.2) is 50.2 Å². The van der Waals surface area contributed by atoms with Crippen molar-refractivity contribution in [2.75, 3.05) is 35.9 Å². The van der Waals surface area contributed by atoms with E-state index in [0.717, 1.165) is 29.8 Å². The number of ether oxygens (including phenoxy) is 2. The number of nitrogens with zero attached hydrogens (tertiary/aromatic N) is 2. The minimum absolute atomic E-state index is 0.147. The topological polar surface area (TPSA) is 150 Å². The molecule has 2 aliphatic rings. The number of anilines is 3. The molecule has 60 heavy (non-hydrogen) atoms. The van der Waals surface area contributed by atoms with Crippen molar-refractivity contribution in [1.29, 1.82) is 0 Å². The number of rotatable bonds is 19. The number of para-hydroxylation sites is 4. The van der Waals surface area contributed by atoms with Gasteiger partial charge in [-0.2, -0.15) is 0 Å². The molecule has 6 rings (SSSR count). The lowest BCUT2D eigenvalue weighted by molar-refractivity contribution is -0.131. The number of nitrogens with one attached hydrogen (secondary N) is 4. The van der Waals surface area contributed by atoms with Crippen molar-refractivity contribution in [1.82, 2.24) is 9.84 Å². The highest BCUT2D eigenvalue weighted by Gasteiger charge is 2.38. The Hall–Kier alpha value is -4.95. The summed E-state index contributed by atoms with van der Waals surface area (Å²) in [6.07, 6.45) is 13.2. The number of hydrogen-bond donors (Lipinski definition) is 4. The molecule has 1 unspecified atom stereocenters. The number of benzene rings is 4. The Labute approximate surface area is 361 Å². The molecular weight excluding hydrogens is 800 g/mol. The fourth-order valence-electron chi connectivity index (χ4n) is 6.45. The molecule has 0 spiro atoms. The Morgan fingerprint density at radius 1 is 0.783 bits per heavy atom. The van der Waals surface area contributed by atoms with E-state index in [1.807, 2.05) is 55.5 Å². The SMILES string of the molecule is CC(=O)Oc1ccccc1.CCCCCCCCCCCCOCCCN1C(C(C)C(=O)Nc2cc(Cl)ccc2C)=Nc2ccccc2S1(=O)=O.c1ccc2c(c1)NNN2. The molecule has 0 radical (unpaired) electrons. The molecule has 1 atom stereocenters. The molecule has 4 N–H and O–H groups in total. The van der Waals surface area contributed by atoms with E-state index in [0.29, 0.717) is 41.8 Å². The van der Waals surface area contributed by atoms with Gasteiger partial charge < -0.3 is 25.6 Å². The minimum atomic E-state index is -3.87. The van der Waals surface area contributed by atoms with Gasteiger partial charge in [0, 0.05) is 37.4 Å². The van der Waals surface area contributed by atoms with Crippen LogP contribution in [0.2, 0.25) is 5.02 Å². The lowest BCUT2D eigenvalue weighted by Gasteiger charge is -2.32. The van der Waals surface area contributed by atoms with E-state index < -0.39 is 15.9 Å². The third-order valence-corrected chi connectivity index (χ3v) is 11.9. The van der Waals surface area contributed by atoms with Crippen molar-refractivity contribution in [3.8, 4) is 5.75 Å². The van der Waals surface area contributed by atoms with Gasteiger partial charge in [0.15, 0.2) is 0 Å². The van der Waals surface area contributed by atoms with E-state index >= 15 is 0 Å². The van der Waals surface area contributed by atoms with Crippen LogP contribution in [0.5, 0.6) is 5.75 Å². The molecule has 324 valence electrons. The number of esters is 1. The molecule has 1 amide bonds. The predicted octanol–water partition coefficient (Wildman–Crippen LogP) is 10.8. The van der Waals surface area contributed by atoms with Crippen molar-refractivity contribution >= 4 is 62.1 Å². The zero-order valence-corrected chi connectivity index (χ0v) is 36.9. The van der Waals surface area contributed by atoms with Gasteiger partial charge in [0.25, 0.3) is 10.0 Å². The number of aryl methyl sites for hydroxylation is 1. The van der Waals surface area contributed by atoms with Crippen LogP contribution in [0.1, 0.15) is 97.0 Å². The fraction of sp³-hybridized carbons (Fsp3) is 0.413. The van der Waals surface area contributed by atoms with Crippen molar-refractivity contribution in [2.24, 2.45) is 10.9 Å². The molecule has 2 heterocycles. The third-order valence-electron chi connectivity index (χ3n) is 9.78. The van der Waals surface area contributed by atoms with Gasteiger partial charge in [0.05, 0.1) is 23.0 Å². The second-order valence-corrected chi connectivity index (χ2v) is 16.9. The van der Waals surface area contributed by atoms with Crippen LogP contribution in [0.15, 0.2) is 107 Å². The van der Waals surface area contributed by atoms with Gasteiger partial charge >= 0.3 is 5.97 Å². The summed E-state index contributed by atoms with van der Waals surface area (Å²) in [5, 5.41) is 3.39. The van der Waals surface area contributed by atoms with E-state index in [-0.39, 0.29) is 29.2 Å². The van der Waals surface area contributed by atoms with Gasteiger partial charge in [-0.15, -0.1) is 5.53 Å². The first-order chi connectivity index (χ1) is 29.0. The second kappa shape index (κ2) is 25.6. The number of halogens is 1. The van der Waals surface area contributed by atoms with Crippen LogP contribution in [0.25, 0.3) is 0 Å². The highest BCUT2D eigenvalue weighted by atomic mass is 35.5. The Morgan fingerprint density at radius 3 is 2.02 bits per heavy atom. The summed E-state index contributed by atoms with van der Waals surface area (Å²) in [5.74, 6) is -0.660. The molecule has 2 aliphatic heterocycles. The van der Waals surface area contributed by atoms with Crippen molar-refractivity contribution < 1.29 is 27.5 Å². The van der Waals surface area contributed by atoms with Gasteiger partial charge in [0.2, 0.25) is 5.91 Å².